The number of hydrogen-bond donors (Lipinski definition) is 2. The molecule has 0 saturated heterocycles. The van der Waals surface area contributed by atoms with E-state index in [1.54, 1.807) is 6.20 Å². The fraction of sp³-hybridized carbons (Fsp3) is 0.600. The minimum atomic E-state index is 0.165. The molecule has 2 aromatic rings. The molecule has 110 valence electrons. The van der Waals surface area contributed by atoms with Crippen molar-refractivity contribution in [3.8, 4) is 0 Å². The van der Waals surface area contributed by atoms with Crippen molar-refractivity contribution in [1.29, 1.82) is 0 Å². The molecule has 0 bridgehead atoms. The molecule has 2 N–H and O–H groups in total. The van der Waals surface area contributed by atoms with Gasteiger partial charge in [-0.1, -0.05) is 27.7 Å². The van der Waals surface area contributed by atoms with Crippen LogP contribution in [0.3, 0.4) is 0 Å². The molecule has 0 aliphatic carbocycles. The van der Waals surface area contributed by atoms with Crippen LogP contribution in [0.15, 0.2) is 18.6 Å². The Morgan fingerprint density at radius 1 is 1.35 bits per heavy atom. The van der Waals surface area contributed by atoms with E-state index < -0.39 is 0 Å². The van der Waals surface area contributed by atoms with Crippen molar-refractivity contribution in [2.45, 2.75) is 47.1 Å². The maximum absolute atomic E-state index is 4.66. The van der Waals surface area contributed by atoms with E-state index in [1.165, 1.54) is 0 Å². The average Bonchev–Trinajstić information content (AvgIpc) is 2.83. The van der Waals surface area contributed by atoms with Gasteiger partial charge in [0.1, 0.15) is 5.82 Å². The molecule has 0 amide bonds. The fourth-order valence-corrected chi connectivity index (χ4v) is 1.79. The lowest BCUT2D eigenvalue weighted by Gasteiger charge is -2.28. The van der Waals surface area contributed by atoms with Crippen LogP contribution >= 0.6 is 0 Å². The summed E-state index contributed by atoms with van der Waals surface area (Å²) < 4.78 is 2.00. The van der Waals surface area contributed by atoms with Crippen LogP contribution in [0.5, 0.6) is 0 Å². The molecule has 5 heteroatoms. The molecule has 0 radical (unpaired) electrons. The average molecular weight is 275 g/mol. The van der Waals surface area contributed by atoms with Crippen molar-refractivity contribution in [2.24, 2.45) is 5.41 Å². The number of nitrogens with zero attached hydrogens (tertiary/aromatic N) is 3. The zero-order chi connectivity index (χ0) is 14.8. The number of fused-ring (bicyclic) bond motifs is 1. The van der Waals surface area contributed by atoms with E-state index in [-0.39, 0.29) is 5.41 Å². The highest BCUT2D eigenvalue weighted by atomic mass is 15.2. The van der Waals surface area contributed by atoms with Gasteiger partial charge in [0, 0.05) is 25.0 Å². The normalized spacial score (nSPS) is 13.4. The van der Waals surface area contributed by atoms with Crippen LogP contribution < -0.4 is 10.6 Å². The second kappa shape index (κ2) is 5.69. The highest BCUT2D eigenvalue weighted by Gasteiger charge is 2.21. The quantitative estimate of drug-likeness (QED) is 0.878. The molecule has 2 rings (SSSR count). The summed E-state index contributed by atoms with van der Waals surface area (Å²) in [5, 5.41) is 6.82. The molecular formula is C15H25N5. The molecule has 0 saturated carbocycles. The summed E-state index contributed by atoms with van der Waals surface area (Å²) in [6, 6.07) is 0.303. The van der Waals surface area contributed by atoms with Gasteiger partial charge in [-0.2, -0.15) is 0 Å². The molecule has 1 atom stereocenters. The summed E-state index contributed by atoms with van der Waals surface area (Å²) in [6.07, 6.45) is 6.80. The highest BCUT2D eigenvalue weighted by molar-refractivity contribution is 5.65. The maximum atomic E-state index is 4.66. The van der Waals surface area contributed by atoms with Crippen molar-refractivity contribution in [2.75, 3.05) is 17.2 Å². The topological polar surface area (TPSA) is 54.2 Å². The lowest BCUT2D eigenvalue weighted by molar-refractivity contribution is 0.359. The van der Waals surface area contributed by atoms with Gasteiger partial charge in [0.05, 0.1) is 6.20 Å². The van der Waals surface area contributed by atoms with E-state index in [2.05, 4.69) is 55.2 Å². The molecule has 0 aliphatic heterocycles. The minimum absolute atomic E-state index is 0.165. The van der Waals surface area contributed by atoms with Crippen LogP contribution in [0.1, 0.15) is 41.0 Å². The number of aromatic nitrogens is 3. The van der Waals surface area contributed by atoms with Crippen LogP contribution in [0, 0.1) is 5.41 Å². The number of nitrogens with one attached hydrogen (secondary N) is 2. The molecule has 5 nitrogen and oxygen atoms in total. The summed E-state index contributed by atoms with van der Waals surface area (Å²) in [5.41, 5.74) is 1.03. The first-order valence-corrected chi connectivity index (χ1v) is 7.26. The van der Waals surface area contributed by atoms with Crippen molar-refractivity contribution >= 4 is 17.3 Å². The Balaban J connectivity index is 2.32. The van der Waals surface area contributed by atoms with Crippen molar-refractivity contribution in [1.82, 2.24) is 14.4 Å². The maximum Gasteiger partial charge on any atom is 0.180 e. The zero-order valence-electron chi connectivity index (χ0n) is 13.1. The van der Waals surface area contributed by atoms with Crippen molar-refractivity contribution in [3.05, 3.63) is 18.6 Å². The number of anilines is 2. The summed E-state index contributed by atoms with van der Waals surface area (Å²) in [5.74, 6) is 1.71. The minimum Gasteiger partial charge on any atom is -0.369 e. The first-order valence-electron chi connectivity index (χ1n) is 7.26. The molecular weight excluding hydrogens is 250 g/mol. The second-order valence-electron chi connectivity index (χ2n) is 6.29. The number of imidazole rings is 1. The Morgan fingerprint density at radius 3 is 2.75 bits per heavy atom. The van der Waals surface area contributed by atoms with E-state index in [0.717, 1.165) is 30.2 Å². The van der Waals surface area contributed by atoms with Crippen molar-refractivity contribution in [3.63, 3.8) is 0 Å². The summed E-state index contributed by atoms with van der Waals surface area (Å²) in [4.78, 5) is 9.04. The SMILES string of the molecule is CCCNc1cn2ccnc2c(NC(C)C(C)(C)C)n1. The van der Waals surface area contributed by atoms with Crippen LogP contribution in [-0.4, -0.2) is 27.0 Å². The Morgan fingerprint density at radius 2 is 2.10 bits per heavy atom. The van der Waals surface area contributed by atoms with Crippen LogP contribution in [0.4, 0.5) is 11.6 Å². The molecule has 2 aromatic heterocycles. The predicted octanol–water partition coefficient (Wildman–Crippen LogP) is 3.40. The third-order valence-electron chi connectivity index (χ3n) is 3.58. The fourth-order valence-electron chi connectivity index (χ4n) is 1.79. The second-order valence-corrected chi connectivity index (χ2v) is 6.29. The van der Waals surface area contributed by atoms with E-state index in [0.29, 0.717) is 6.04 Å². The Hall–Kier alpha value is -1.78. The molecule has 20 heavy (non-hydrogen) atoms. The number of rotatable bonds is 5. The van der Waals surface area contributed by atoms with Gasteiger partial charge < -0.3 is 15.0 Å². The molecule has 0 aromatic carbocycles. The van der Waals surface area contributed by atoms with Crippen molar-refractivity contribution < 1.29 is 0 Å². The van der Waals surface area contributed by atoms with Gasteiger partial charge in [-0.05, 0) is 18.8 Å². The third kappa shape index (κ3) is 3.21. The van der Waals surface area contributed by atoms with Crippen LogP contribution in [-0.2, 0) is 0 Å². The molecule has 0 fully saturated rings. The zero-order valence-corrected chi connectivity index (χ0v) is 13.1. The van der Waals surface area contributed by atoms with E-state index in [1.807, 2.05) is 16.8 Å². The molecule has 2 heterocycles. The van der Waals surface area contributed by atoms with Gasteiger partial charge in [-0.25, -0.2) is 9.97 Å². The predicted molar refractivity (Wildman–Crippen MR) is 84.3 cm³/mol. The van der Waals surface area contributed by atoms with E-state index >= 15 is 0 Å². The van der Waals surface area contributed by atoms with Crippen LogP contribution in [0.2, 0.25) is 0 Å². The lowest BCUT2D eigenvalue weighted by atomic mass is 9.88. The summed E-state index contributed by atoms with van der Waals surface area (Å²) in [6.45, 7) is 11.9. The molecule has 0 aliphatic rings. The number of hydrogen-bond acceptors (Lipinski definition) is 4. The Bertz CT molecular complexity index is 567. The molecule has 0 spiro atoms. The molecule has 1 unspecified atom stereocenters. The summed E-state index contributed by atoms with van der Waals surface area (Å²) in [7, 11) is 0. The Labute approximate surface area is 120 Å². The van der Waals surface area contributed by atoms with E-state index in [9.17, 15) is 0 Å². The summed E-state index contributed by atoms with van der Waals surface area (Å²) >= 11 is 0. The van der Waals surface area contributed by atoms with Gasteiger partial charge in [0.15, 0.2) is 11.5 Å². The van der Waals surface area contributed by atoms with Gasteiger partial charge in [-0.15, -0.1) is 0 Å². The first-order chi connectivity index (χ1) is 9.41. The third-order valence-corrected chi connectivity index (χ3v) is 3.58. The highest BCUT2D eigenvalue weighted by Crippen LogP contribution is 2.24. The van der Waals surface area contributed by atoms with Crippen LogP contribution in [0.25, 0.3) is 5.65 Å². The van der Waals surface area contributed by atoms with Gasteiger partial charge in [0.25, 0.3) is 0 Å². The van der Waals surface area contributed by atoms with E-state index in [4.69, 9.17) is 0 Å². The van der Waals surface area contributed by atoms with Gasteiger partial charge in [0.2, 0.25) is 0 Å². The van der Waals surface area contributed by atoms with Gasteiger partial charge >= 0.3 is 0 Å². The standard InChI is InChI=1S/C15H25N5/c1-6-7-16-12-10-20-9-8-17-14(20)13(19-12)18-11(2)15(3,4)5/h8-11,16H,6-7H2,1-5H3,(H,18,19). The Kier molecular flexibility index (Phi) is 4.16. The lowest BCUT2D eigenvalue weighted by Crippen LogP contribution is -2.31. The monoisotopic (exact) mass is 275 g/mol. The smallest absolute Gasteiger partial charge is 0.180 e. The first kappa shape index (κ1) is 14.6. The van der Waals surface area contributed by atoms with Gasteiger partial charge in [-0.3, -0.25) is 0 Å². The largest absolute Gasteiger partial charge is 0.369 e.